The van der Waals surface area contributed by atoms with E-state index in [0.717, 1.165) is 12.2 Å². The summed E-state index contributed by atoms with van der Waals surface area (Å²) < 4.78 is 6.27. The van der Waals surface area contributed by atoms with Gasteiger partial charge in [0, 0.05) is 12.5 Å². The van der Waals surface area contributed by atoms with Gasteiger partial charge in [-0.3, -0.25) is 4.79 Å². The Labute approximate surface area is 174 Å². The molecule has 5 atom stereocenters. The molecule has 3 rings (SSSR count). The Balaban J connectivity index is 1.27. The number of hydrogen-bond donors (Lipinski definition) is 0. The summed E-state index contributed by atoms with van der Waals surface area (Å²) in [6, 6.07) is 0. The Bertz CT molecular complexity index is 613. The van der Waals surface area contributed by atoms with Gasteiger partial charge in [0.25, 0.3) is 0 Å². The van der Waals surface area contributed by atoms with E-state index in [4.69, 9.17) is 4.43 Å². The van der Waals surface area contributed by atoms with E-state index in [2.05, 4.69) is 52.6 Å². The number of rotatable bonds is 10. The average molecular weight is 403 g/mol. The van der Waals surface area contributed by atoms with Crippen LogP contribution in [0.15, 0.2) is 24.3 Å². The summed E-state index contributed by atoms with van der Waals surface area (Å²) in [5.74, 6) is 2.92. The molecule has 158 valence electrons. The lowest BCUT2D eigenvalue weighted by Gasteiger charge is -2.36. The average Bonchev–Trinajstić information content (AvgIpc) is 3.28. The maximum atomic E-state index is 12.6. The van der Waals surface area contributed by atoms with Gasteiger partial charge in [0.2, 0.25) is 0 Å². The molecule has 28 heavy (non-hydrogen) atoms. The van der Waals surface area contributed by atoms with Gasteiger partial charge in [0.15, 0.2) is 14.1 Å². The smallest absolute Gasteiger partial charge is 0.191 e. The van der Waals surface area contributed by atoms with Crippen LogP contribution < -0.4 is 0 Å². The zero-order chi connectivity index (χ0) is 20.5. The zero-order valence-electron chi connectivity index (χ0n) is 18.9. The Morgan fingerprint density at radius 1 is 1.04 bits per heavy atom. The summed E-state index contributed by atoms with van der Waals surface area (Å²) in [7, 11) is -1.57. The Kier molecular flexibility index (Phi) is 6.76. The molecule has 2 saturated carbocycles. The van der Waals surface area contributed by atoms with Gasteiger partial charge in [-0.2, -0.15) is 0 Å². The molecule has 3 aliphatic carbocycles. The highest BCUT2D eigenvalue weighted by molar-refractivity contribution is 6.74. The van der Waals surface area contributed by atoms with Gasteiger partial charge in [0.1, 0.15) is 0 Å². The molecule has 0 unspecified atom stereocenters. The van der Waals surface area contributed by atoms with E-state index in [1.807, 2.05) is 0 Å². The minimum atomic E-state index is -1.57. The van der Waals surface area contributed by atoms with Crippen LogP contribution in [0.3, 0.4) is 0 Å². The van der Waals surface area contributed by atoms with E-state index in [1.54, 1.807) is 0 Å². The van der Waals surface area contributed by atoms with Crippen molar-refractivity contribution in [1.82, 2.24) is 0 Å². The first-order valence-corrected chi connectivity index (χ1v) is 14.6. The summed E-state index contributed by atoms with van der Waals surface area (Å²) in [5, 5.41) is 0.312. The highest BCUT2D eigenvalue weighted by atomic mass is 28.4. The highest BCUT2D eigenvalue weighted by Crippen LogP contribution is 2.58. The molecule has 0 aromatic heterocycles. The highest BCUT2D eigenvalue weighted by Gasteiger charge is 2.56. The summed E-state index contributed by atoms with van der Waals surface area (Å²) in [4.78, 5) is 12.6. The van der Waals surface area contributed by atoms with Crippen LogP contribution in [0, 0.1) is 29.6 Å². The predicted octanol–water partition coefficient (Wildman–Crippen LogP) is 6.93. The van der Waals surface area contributed by atoms with Gasteiger partial charge in [0.05, 0.1) is 0 Å². The minimum absolute atomic E-state index is 0.286. The third kappa shape index (κ3) is 4.41. The molecule has 0 N–H and O–H groups in total. The molecule has 0 amide bonds. The molecular weight excluding hydrogens is 360 g/mol. The minimum Gasteiger partial charge on any atom is -0.417 e. The molecule has 0 saturated heterocycles. The quantitative estimate of drug-likeness (QED) is 0.171. The summed E-state index contributed by atoms with van der Waals surface area (Å²) in [6.07, 6.45) is 14.7. The van der Waals surface area contributed by atoms with Crippen LogP contribution in [0.25, 0.3) is 0 Å². The lowest BCUT2D eigenvalue weighted by Crippen LogP contribution is -2.40. The van der Waals surface area contributed by atoms with E-state index in [-0.39, 0.29) is 5.92 Å². The molecule has 0 radical (unpaired) electrons. The number of fused-ring (bicyclic) bond motifs is 5. The molecule has 2 nitrogen and oxygen atoms in total. The first kappa shape index (κ1) is 22.0. The predicted molar refractivity (Wildman–Crippen MR) is 121 cm³/mol. The fourth-order valence-corrected chi connectivity index (χ4v) is 6.58. The monoisotopic (exact) mass is 402 g/mol. The largest absolute Gasteiger partial charge is 0.417 e. The second-order valence-corrected chi connectivity index (χ2v) is 15.9. The number of hydrogen-bond acceptors (Lipinski definition) is 2. The molecule has 0 aliphatic heterocycles. The van der Waals surface area contributed by atoms with Crippen LogP contribution in [0.4, 0.5) is 0 Å². The molecule has 0 heterocycles. The molecule has 3 heteroatoms. The van der Waals surface area contributed by atoms with Gasteiger partial charge < -0.3 is 4.43 Å². The third-order valence-electron chi connectivity index (χ3n) is 8.23. The van der Waals surface area contributed by atoms with Crippen molar-refractivity contribution in [2.45, 2.75) is 90.3 Å². The number of Topliss-reactive ketones (excluding diaryl/α,β-unsaturated/α-hetero) is 1. The Morgan fingerprint density at radius 2 is 1.64 bits per heavy atom. The normalized spacial score (nSPS) is 31.8. The van der Waals surface area contributed by atoms with Gasteiger partial charge in [-0.1, -0.05) is 71.6 Å². The second kappa shape index (κ2) is 8.59. The van der Waals surface area contributed by atoms with Crippen LogP contribution in [0.2, 0.25) is 18.1 Å². The molecule has 0 aromatic rings. The van der Waals surface area contributed by atoms with Gasteiger partial charge in [-0.05, 0) is 66.6 Å². The summed E-state index contributed by atoms with van der Waals surface area (Å²) >= 11 is 0. The number of carbonyl (C=O) groups is 1. The maximum absolute atomic E-state index is 12.6. The first-order chi connectivity index (χ1) is 13.1. The van der Waals surface area contributed by atoms with Gasteiger partial charge >= 0.3 is 0 Å². The second-order valence-electron chi connectivity index (χ2n) is 11.1. The van der Waals surface area contributed by atoms with E-state index in [1.165, 1.54) is 51.4 Å². The Morgan fingerprint density at radius 3 is 2.32 bits per heavy atom. The van der Waals surface area contributed by atoms with Gasteiger partial charge in [-0.15, -0.1) is 0 Å². The number of ketones is 1. The molecule has 2 fully saturated rings. The third-order valence-corrected chi connectivity index (χ3v) is 12.8. The van der Waals surface area contributed by atoms with Crippen molar-refractivity contribution in [2.24, 2.45) is 29.6 Å². The van der Waals surface area contributed by atoms with E-state index in [0.29, 0.717) is 34.5 Å². The standard InChI is InChI=1S/C25H42O2Si/c1-18-21(22-19-14-15-20(17-19)23(22)24(18)26)13-11-9-7-8-10-12-16-27-28(5,6)25(2,3)4/h14-15,19-23H,1,7-13,16-17H2,2-6H3/t19-,20+,21+,22-,23-/m0/s1. The van der Waals surface area contributed by atoms with Crippen molar-refractivity contribution in [1.29, 1.82) is 0 Å². The van der Waals surface area contributed by atoms with Crippen LogP contribution in [-0.4, -0.2) is 20.7 Å². The SMILES string of the molecule is C=C1C(=O)[C@@H]2[C@H]([C@@H]1CCCCCCCCO[Si](C)(C)C(C)(C)C)[C@H]1C=C[C@@H]2C1. The van der Waals surface area contributed by atoms with Crippen LogP contribution in [0.1, 0.15) is 72.1 Å². The fourth-order valence-electron chi connectivity index (χ4n) is 5.49. The number of unbranched alkanes of at least 4 members (excludes halogenated alkanes) is 5. The lowest BCUT2D eigenvalue weighted by atomic mass is 9.79. The maximum Gasteiger partial charge on any atom is 0.191 e. The van der Waals surface area contributed by atoms with E-state index < -0.39 is 8.32 Å². The molecule has 2 bridgehead atoms. The van der Waals surface area contributed by atoms with Crippen LogP contribution >= 0.6 is 0 Å². The Hall–Kier alpha value is -0.673. The van der Waals surface area contributed by atoms with Crippen LogP contribution in [0.5, 0.6) is 0 Å². The molecule has 3 aliphatic rings. The number of allylic oxidation sites excluding steroid dienone is 3. The lowest BCUT2D eigenvalue weighted by molar-refractivity contribution is -0.118. The number of carbonyl (C=O) groups excluding carboxylic acids is 1. The topological polar surface area (TPSA) is 26.3 Å². The van der Waals surface area contributed by atoms with E-state index >= 15 is 0 Å². The zero-order valence-corrected chi connectivity index (χ0v) is 19.9. The van der Waals surface area contributed by atoms with Crippen LogP contribution in [-0.2, 0) is 9.22 Å². The van der Waals surface area contributed by atoms with Crippen molar-refractivity contribution in [2.75, 3.05) is 6.61 Å². The van der Waals surface area contributed by atoms with Crippen molar-refractivity contribution < 1.29 is 9.22 Å². The van der Waals surface area contributed by atoms with E-state index in [9.17, 15) is 4.79 Å². The van der Waals surface area contributed by atoms with Crippen molar-refractivity contribution in [3.63, 3.8) is 0 Å². The van der Waals surface area contributed by atoms with Crippen molar-refractivity contribution in [3.05, 3.63) is 24.3 Å². The summed E-state index contributed by atoms with van der Waals surface area (Å²) in [6.45, 7) is 16.7. The van der Waals surface area contributed by atoms with Crippen molar-refractivity contribution >= 4 is 14.1 Å². The molecule has 0 aromatic carbocycles. The molecular formula is C25H42O2Si. The van der Waals surface area contributed by atoms with Gasteiger partial charge in [-0.25, -0.2) is 0 Å². The van der Waals surface area contributed by atoms with Crippen molar-refractivity contribution in [3.8, 4) is 0 Å². The fraction of sp³-hybridized carbons (Fsp3) is 0.800. The summed E-state index contributed by atoms with van der Waals surface area (Å²) in [5.41, 5.74) is 0.955. The molecule has 0 spiro atoms. The first-order valence-electron chi connectivity index (χ1n) is 11.7.